The molecule has 2 rings (SSSR count). The fourth-order valence-corrected chi connectivity index (χ4v) is 2.08. The predicted molar refractivity (Wildman–Crippen MR) is 64.0 cm³/mol. The highest BCUT2D eigenvalue weighted by Gasteiger charge is 2.14. The third kappa shape index (κ3) is 3.25. The molecule has 1 aromatic heterocycles. The Labute approximate surface area is 96.9 Å². The van der Waals surface area contributed by atoms with Crippen molar-refractivity contribution in [1.82, 2.24) is 20.6 Å². The highest BCUT2D eigenvalue weighted by atomic mass is 15.0. The van der Waals surface area contributed by atoms with Gasteiger partial charge in [0.05, 0.1) is 5.69 Å². The van der Waals surface area contributed by atoms with Crippen molar-refractivity contribution in [3.05, 3.63) is 24.3 Å². The van der Waals surface area contributed by atoms with Gasteiger partial charge in [-0.2, -0.15) is 0 Å². The molecule has 0 aromatic carbocycles. The Morgan fingerprint density at radius 1 is 1.56 bits per heavy atom. The third-order valence-corrected chi connectivity index (χ3v) is 3.14. The smallest absolute Gasteiger partial charge is 0.0753 e. The molecule has 0 radical (unpaired) electrons. The van der Waals surface area contributed by atoms with Crippen molar-refractivity contribution in [3.63, 3.8) is 0 Å². The molecule has 88 valence electrons. The van der Waals surface area contributed by atoms with Gasteiger partial charge in [0.25, 0.3) is 0 Å². The quantitative estimate of drug-likeness (QED) is 0.798. The van der Waals surface area contributed by atoms with Crippen LogP contribution in [0.1, 0.15) is 31.5 Å². The highest BCUT2D eigenvalue weighted by Crippen LogP contribution is 2.11. The van der Waals surface area contributed by atoms with Crippen molar-refractivity contribution >= 4 is 0 Å². The van der Waals surface area contributed by atoms with Crippen molar-refractivity contribution in [2.45, 2.75) is 25.8 Å². The minimum absolute atomic E-state index is 0.288. The van der Waals surface area contributed by atoms with E-state index in [1.807, 2.05) is 6.20 Å². The Morgan fingerprint density at radius 3 is 3.19 bits per heavy atom. The van der Waals surface area contributed by atoms with Crippen LogP contribution in [-0.4, -0.2) is 29.6 Å². The van der Waals surface area contributed by atoms with Crippen LogP contribution >= 0.6 is 0 Å². The normalized spacial score (nSPS) is 22.9. The van der Waals surface area contributed by atoms with E-state index in [9.17, 15) is 0 Å². The lowest BCUT2D eigenvalue weighted by atomic mass is 9.99. The van der Waals surface area contributed by atoms with Crippen LogP contribution < -0.4 is 10.6 Å². The Kier molecular flexibility index (Phi) is 4.25. The molecule has 1 fully saturated rings. The summed E-state index contributed by atoms with van der Waals surface area (Å²) < 4.78 is 0. The zero-order valence-electron chi connectivity index (χ0n) is 9.82. The summed E-state index contributed by atoms with van der Waals surface area (Å²) in [4.78, 5) is 8.39. The molecule has 1 aromatic rings. The van der Waals surface area contributed by atoms with Crippen LogP contribution in [0, 0.1) is 5.92 Å². The van der Waals surface area contributed by atoms with E-state index in [1.54, 1.807) is 12.4 Å². The molecule has 1 aliphatic rings. The average molecular weight is 220 g/mol. The first-order chi connectivity index (χ1) is 7.86. The molecule has 4 heteroatoms. The van der Waals surface area contributed by atoms with Crippen molar-refractivity contribution in [2.24, 2.45) is 5.92 Å². The maximum atomic E-state index is 4.30. The Balaban J connectivity index is 1.77. The van der Waals surface area contributed by atoms with E-state index in [0.717, 1.165) is 24.7 Å². The first-order valence-corrected chi connectivity index (χ1v) is 6.06. The molecular weight excluding hydrogens is 200 g/mol. The van der Waals surface area contributed by atoms with Gasteiger partial charge in [-0.05, 0) is 45.3 Å². The molecule has 0 amide bonds. The second-order valence-corrected chi connectivity index (χ2v) is 4.47. The van der Waals surface area contributed by atoms with E-state index in [-0.39, 0.29) is 6.04 Å². The van der Waals surface area contributed by atoms with Gasteiger partial charge < -0.3 is 10.6 Å². The van der Waals surface area contributed by atoms with Gasteiger partial charge in [0.2, 0.25) is 0 Å². The van der Waals surface area contributed by atoms with Crippen LogP contribution in [0.2, 0.25) is 0 Å². The van der Waals surface area contributed by atoms with Crippen LogP contribution in [0.3, 0.4) is 0 Å². The Morgan fingerprint density at radius 2 is 2.50 bits per heavy atom. The van der Waals surface area contributed by atoms with Crippen LogP contribution in [-0.2, 0) is 0 Å². The fraction of sp³-hybridized carbons (Fsp3) is 0.667. The van der Waals surface area contributed by atoms with Crippen molar-refractivity contribution in [1.29, 1.82) is 0 Å². The second-order valence-electron chi connectivity index (χ2n) is 4.47. The minimum atomic E-state index is 0.288. The van der Waals surface area contributed by atoms with Gasteiger partial charge in [0.15, 0.2) is 0 Å². The first-order valence-electron chi connectivity index (χ1n) is 6.06. The summed E-state index contributed by atoms with van der Waals surface area (Å²) in [5, 5.41) is 6.96. The molecule has 2 N–H and O–H groups in total. The van der Waals surface area contributed by atoms with Crippen molar-refractivity contribution in [3.8, 4) is 0 Å². The van der Waals surface area contributed by atoms with Crippen LogP contribution in [0.4, 0.5) is 0 Å². The van der Waals surface area contributed by atoms with Crippen LogP contribution in [0.5, 0.6) is 0 Å². The summed E-state index contributed by atoms with van der Waals surface area (Å²) in [7, 11) is 0. The second kappa shape index (κ2) is 5.92. The number of rotatable bonds is 4. The summed E-state index contributed by atoms with van der Waals surface area (Å²) in [5.41, 5.74) is 1.02. The molecule has 0 aliphatic carbocycles. The molecule has 1 saturated heterocycles. The van der Waals surface area contributed by atoms with E-state index in [0.29, 0.717) is 0 Å². The van der Waals surface area contributed by atoms with E-state index in [1.165, 1.54) is 19.4 Å². The highest BCUT2D eigenvalue weighted by molar-refractivity contribution is 5.00. The molecule has 0 unspecified atom stereocenters. The lowest BCUT2D eigenvalue weighted by Crippen LogP contribution is -2.36. The zero-order chi connectivity index (χ0) is 11.2. The summed E-state index contributed by atoms with van der Waals surface area (Å²) in [6, 6.07) is 0.288. The van der Waals surface area contributed by atoms with E-state index in [2.05, 4.69) is 27.5 Å². The topological polar surface area (TPSA) is 49.8 Å². The predicted octanol–water partition coefficient (Wildman–Crippen LogP) is 1.13. The summed E-state index contributed by atoms with van der Waals surface area (Å²) in [6.07, 6.45) is 7.91. The molecule has 2 heterocycles. The molecule has 0 spiro atoms. The van der Waals surface area contributed by atoms with E-state index in [4.69, 9.17) is 0 Å². The van der Waals surface area contributed by atoms with Gasteiger partial charge in [-0.15, -0.1) is 0 Å². The maximum absolute atomic E-state index is 4.30. The summed E-state index contributed by atoms with van der Waals surface area (Å²) >= 11 is 0. The van der Waals surface area contributed by atoms with Crippen LogP contribution in [0.25, 0.3) is 0 Å². The SMILES string of the molecule is C[C@@H](NC[C@H]1CCCNC1)c1cnccn1. The minimum Gasteiger partial charge on any atom is -0.316 e. The Bertz CT molecular complexity index is 295. The standard InChI is InChI=1S/C12H20N4/c1-10(12-9-14-5-6-15-12)16-8-11-3-2-4-13-7-11/h5-6,9-11,13,16H,2-4,7-8H2,1H3/t10-,11+/m1/s1. The average Bonchev–Trinajstić information content (AvgIpc) is 2.38. The summed E-state index contributed by atoms with van der Waals surface area (Å²) in [6.45, 7) is 5.52. The molecule has 4 nitrogen and oxygen atoms in total. The van der Waals surface area contributed by atoms with Gasteiger partial charge in [0, 0.05) is 24.6 Å². The van der Waals surface area contributed by atoms with Gasteiger partial charge in [-0.3, -0.25) is 9.97 Å². The van der Waals surface area contributed by atoms with Gasteiger partial charge >= 0.3 is 0 Å². The summed E-state index contributed by atoms with van der Waals surface area (Å²) in [5.74, 6) is 0.757. The largest absolute Gasteiger partial charge is 0.316 e. The number of hydrogen-bond acceptors (Lipinski definition) is 4. The van der Waals surface area contributed by atoms with E-state index < -0.39 is 0 Å². The molecule has 0 saturated carbocycles. The van der Waals surface area contributed by atoms with Gasteiger partial charge in [-0.1, -0.05) is 0 Å². The molecule has 2 atom stereocenters. The molecule has 16 heavy (non-hydrogen) atoms. The third-order valence-electron chi connectivity index (χ3n) is 3.14. The zero-order valence-corrected chi connectivity index (χ0v) is 9.82. The fourth-order valence-electron chi connectivity index (χ4n) is 2.08. The molecular formula is C12H20N4. The van der Waals surface area contributed by atoms with Crippen LogP contribution in [0.15, 0.2) is 18.6 Å². The molecule has 1 aliphatic heterocycles. The maximum Gasteiger partial charge on any atom is 0.0753 e. The lowest BCUT2D eigenvalue weighted by molar-refractivity contribution is 0.347. The molecule has 0 bridgehead atoms. The van der Waals surface area contributed by atoms with Gasteiger partial charge in [-0.25, -0.2) is 0 Å². The number of hydrogen-bond donors (Lipinski definition) is 2. The number of piperidine rings is 1. The van der Waals surface area contributed by atoms with E-state index >= 15 is 0 Å². The number of nitrogens with zero attached hydrogens (tertiary/aromatic N) is 2. The van der Waals surface area contributed by atoms with Gasteiger partial charge in [0.1, 0.15) is 0 Å². The Hall–Kier alpha value is -1.00. The monoisotopic (exact) mass is 220 g/mol. The number of nitrogens with one attached hydrogen (secondary N) is 2. The lowest BCUT2D eigenvalue weighted by Gasteiger charge is -2.24. The van der Waals surface area contributed by atoms with Crippen molar-refractivity contribution in [2.75, 3.05) is 19.6 Å². The van der Waals surface area contributed by atoms with Crippen molar-refractivity contribution < 1.29 is 0 Å². The number of aromatic nitrogens is 2. The first kappa shape index (κ1) is 11.5.